The van der Waals surface area contributed by atoms with Gasteiger partial charge in [-0.25, -0.2) is 4.39 Å². The number of aryl methyl sites for hydroxylation is 3. The molecule has 166 valence electrons. The Hall–Kier alpha value is -3.73. The lowest BCUT2D eigenvalue weighted by Crippen LogP contribution is -2.37. The molecule has 0 spiro atoms. The van der Waals surface area contributed by atoms with Gasteiger partial charge in [0.1, 0.15) is 11.5 Å². The molecular weight excluding hydrogens is 415 g/mol. The number of hydrogen-bond donors (Lipinski definition) is 0. The molecule has 4 nitrogen and oxygen atoms in total. The van der Waals surface area contributed by atoms with Crippen LogP contribution in [0.1, 0.15) is 34.2 Å². The molecular formula is C28H25FN2O2. The Balaban J connectivity index is 1.65. The monoisotopic (exact) mass is 440 g/mol. The molecule has 0 N–H and O–H groups in total. The van der Waals surface area contributed by atoms with Crippen LogP contribution in [0.4, 0.5) is 10.1 Å². The van der Waals surface area contributed by atoms with Gasteiger partial charge in [-0.05, 0) is 61.1 Å². The van der Waals surface area contributed by atoms with Gasteiger partial charge in [0, 0.05) is 17.8 Å². The molecule has 2 aliphatic heterocycles. The number of anilines is 1. The van der Waals surface area contributed by atoms with E-state index in [1.807, 2.05) is 55.1 Å². The molecule has 33 heavy (non-hydrogen) atoms. The van der Waals surface area contributed by atoms with Crippen molar-refractivity contribution in [3.05, 3.63) is 106 Å². The number of imide groups is 1. The number of para-hydroxylation sites is 1. The van der Waals surface area contributed by atoms with Gasteiger partial charge in [0.2, 0.25) is 0 Å². The van der Waals surface area contributed by atoms with Gasteiger partial charge in [-0.15, -0.1) is 0 Å². The molecule has 3 aromatic carbocycles. The van der Waals surface area contributed by atoms with Crippen LogP contribution in [0, 0.1) is 19.7 Å². The Bertz CT molecular complexity index is 1310. The van der Waals surface area contributed by atoms with E-state index in [-0.39, 0.29) is 18.4 Å². The Kier molecular flexibility index (Phi) is 5.33. The van der Waals surface area contributed by atoms with Crippen LogP contribution in [-0.4, -0.2) is 23.3 Å². The first-order chi connectivity index (χ1) is 16.0. The Labute approximate surface area is 193 Å². The number of nitrogens with zero attached hydrogens (tertiary/aromatic N) is 2. The standard InChI is InChI=1S/C28H25FN2O2/c1-18-13-14-21(16-19(18)2)25-26(30-15-7-10-20-8-4-6-12-24(20)30)28(33)31(27(25)32)17-22-9-3-5-11-23(22)29/h3-6,8-9,11-14,16H,7,10,15,17H2,1-2H3. The summed E-state index contributed by atoms with van der Waals surface area (Å²) in [5.41, 5.74) is 6.07. The van der Waals surface area contributed by atoms with Crippen molar-refractivity contribution in [1.82, 2.24) is 4.90 Å². The Morgan fingerprint density at radius 3 is 2.42 bits per heavy atom. The van der Waals surface area contributed by atoms with Gasteiger partial charge >= 0.3 is 0 Å². The third-order valence-corrected chi connectivity index (χ3v) is 6.61. The topological polar surface area (TPSA) is 40.6 Å². The molecule has 0 atom stereocenters. The van der Waals surface area contributed by atoms with Crippen molar-refractivity contribution in [2.24, 2.45) is 0 Å². The molecule has 0 unspecified atom stereocenters. The van der Waals surface area contributed by atoms with E-state index in [0.717, 1.165) is 35.2 Å². The summed E-state index contributed by atoms with van der Waals surface area (Å²) in [7, 11) is 0. The van der Waals surface area contributed by atoms with E-state index in [2.05, 4.69) is 6.07 Å². The minimum Gasteiger partial charge on any atom is -0.336 e. The summed E-state index contributed by atoms with van der Waals surface area (Å²) >= 11 is 0. The fraction of sp³-hybridized carbons (Fsp3) is 0.214. The predicted octanol–water partition coefficient (Wildman–Crippen LogP) is 5.18. The lowest BCUT2D eigenvalue weighted by molar-refractivity contribution is -0.137. The normalized spacial score (nSPS) is 16.0. The largest absolute Gasteiger partial charge is 0.336 e. The minimum atomic E-state index is -0.428. The number of rotatable bonds is 4. The molecule has 0 fully saturated rings. The summed E-state index contributed by atoms with van der Waals surface area (Å²) in [6, 6.07) is 20.1. The zero-order chi connectivity index (χ0) is 23.1. The summed E-state index contributed by atoms with van der Waals surface area (Å²) in [6.45, 7) is 4.56. The number of benzene rings is 3. The maximum Gasteiger partial charge on any atom is 0.278 e. The number of carbonyl (C=O) groups excluding carboxylic acids is 2. The number of halogens is 1. The van der Waals surface area contributed by atoms with Gasteiger partial charge in [-0.3, -0.25) is 14.5 Å². The number of hydrogen-bond acceptors (Lipinski definition) is 3. The van der Waals surface area contributed by atoms with Gasteiger partial charge in [0.25, 0.3) is 11.8 Å². The molecule has 0 aromatic heterocycles. The van der Waals surface area contributed by atoms with Crippen LogP contribution in [0.25, 0.3) is 5.57 Å². The zero-order valence-electron chi connectivity index (χ0n) is 18.8. The van der Waals surface area contributed by atoms with Crippen LogP contribution in [0.5, 0.6) is 0 Å². The molecule has 2 aliphatic rings. The smallest absolute Gasteiger partial charge is 0.278 e. The first-order valence-corrected chi connectivity index (χ1v) is 11.2. The molecule has 0 saturated heterocycles. The van der Waals surface area contributed by atoms with Crippen LogP contribution < -0.4 is 4.90 Å². The highest BCUT2D eigenvalue weighted by Gasteiger charge is 2.43. The van der Waals surface area contributed by atoms with Crippen LogP contribution in [0.2, 0.25) is 0 Å². The second-order valence-corrected chi connectivity index (χ2v) is 8.69. The molecule has 5 rings (SSSR count). The second-order valence-electron chi connectivity index (χ2n) is 8.69. The lowest BCUT2D eigenvalue weighted by Gasteiger charge is -2.32. The van der Waals surface area contributed by atoms with Gasteiger partial charge in [-0.2, -0.15) is 0 Å². The lowest BCUT2D eigenvalue weighted by atomic mass is 9.97. The van der Waals surface area contributed by atoms with Crippen LogP contribution >= 0.6 is 0 Å². The van der Waals surface area contributed by atoms with E-state index in [9.17, 15) is 14.0 Å². The van der Waals surface area contributed by atoms with E-state index >= 15 is 0 Å². The van der Waals surface area contributed by atoms with E-state index in [4.69, 9.17) is 0 Å². The predicted molar refractivity (Wildman–Crippen MR) is 127 cm³/mol. The summed E-state index contributed by atoms with van der Waals surface area (Å²) in [6.07, 6.45) is 1.81. The Morgan fingerprint density at radius 1 is 0.879 bits per heavy atom. The first-order valence-electron chi connectivity index (χ1n) is 11.2. The van der Waals surface area contributed by atoms with Crippen molar-refractivity contribution in [2.45, 2.75) is 33.2 Å². The van der Waals surface area contributed by atoms with E-state index in [1.165, 1.54) is 11.0 Å². The molecule has 0 aliphatic carbocycles. The average molecular weight is 441 g/mol. The molecule has 2 amide bonds. The molecule has 0 radical (unpaired) electrons. The average Bonchev–Trinajstić information content (AvgIpc) is 3.06. The third kappa shape index (κ3) is 3.63. The second kappa shape index (κ2) is 8.32. The number of amides is 2. The molecule has 5 heteroatoms. The van der Waals surface area contributed by atoms with Crippen LogP contribution in [0.15, 0.2) is 72.4 Å². The van der Waals surface area contributed by atoms with Gasteiger partial charge in [0.15, 0.2) is 0 Å². The quantitative estimate of drug-likeness (QED) is 0.525. The summed E-state index contributed by atoms with van der Waals surface area (Å²) in [5.74, 6) is -1.19. The van der Waals surface area contributed by atoms with Crippen molar-refractivity contribution in [2.75, 3.05) is 11.4 Å². The fourth-order valence-corrected chi connectivity index (χ4v) is 4.68. The minimum absolute atomic E-state index is 0.0995. The maximum atomic E-state index is 14.4. The first kappa shape index (κ1) is 21.1. The SMILES string of the molecule is Cc1ccc(C2=C(N3CCCc4ccccc43)C(=O)N(Cc3ccccc3F)C2=O)cc1C. The van der Waals surface area contributed by atoms with Crippen molar-refractivity contribution in [3.63, 3.8) is 0 Å². The Morgan fingerprint density at radius 2 is 1.64 bits per heavy atom. The highest BCUT2D eigenvalue weighted by molar-refractivity contribution is 6.36. The number of carbonyl (C=O) groups is 2. The van der Waals surface area contributed by atoms with Crippen LogP contribution in [0.3, 0.4) is 0 Å². The summed E-state index contributed by atoms with van der Waals surface area (Å²) in [4.78, 5) is 30.6. The van der Waals surface area contributed by atoms with E-state index in [0.29, 0.717) is 28.9 Å². The van der Waals surface area contributed by atoms with Crippen molar-refractivity contribution in [1.29, 1.82) is 0 Å². The fourth-order valence-electron chi connectivity index (χ4n) is 4.68. The zero-order valence-corrected chi connectivity index (χ0v) is 18.8. The molecule has 0 bridgehead atoms. The highest BCUT2D eigenvalue weighted by Crippen LogP contribution is 2.38. The highest BCUT2D eigenvalue weighted by atomic mass is 19.1. The molecule has 0 saturated carbocycles. The van der Waals surface area contributed by atoms with Crippen LogP contribution in [-0.2, 0) is 22.6 Å². The molecule has 3 aromatic rings. The van der Waals surface area contributed by atoms with E-state index in [1.54, 1.807) is 18.2 Å². The van der Waals surface area contributed by atoms with Gasteiger partial charge in [-0.1, -0.05) is 54.6 Å². The van der Waals surface area contributed by atoms with Crippen molar-refractivity contribution >= 4 is 23.1 Å². The maximum absolute atomic E-state index is 14.4. The third-order valence-electron chi connectivity index (χ3n) is 6.61. The van der Waals surface area contributed by atoms with Gasteiger partial charge in [0.05, 0.1) is 12.1 Å². The summed E-state index contributed by atoms with van der Waals surface area (Å²) in [5, 5.41) is 0. The van der Waals surface area contributed by atoms with Crippen molar-refractivity contribution < 1.29 is 14.0 Å². The van der Waals surface area contributed by atoms with E-state index < -0.39 is 5.82 Å². The number of fused-ring (bicyclic) bond motifs is 1. The summed E-state index contributed by atoms with van der Waals surface area (Å²) < 4.78 is 14.4. The van der Waals surface area contributed by atoms with Crippen molar-refractivity contribution in [3.8, 4) is 0 Å². The van der Waals surface area contributed by atoms with Gasteiger partial charge < -0.3 is 4.90 Å². The molecule has 2 heterocycles.